The first-order valence-corrected chi connectivity index (χ1v) is 11.7. The lowest BCUT2D eigenvalue weighted by Gasteiger charge is -2.16. The van der Waals surface area contributed by atoms with E-state index in [2.05, 4.69) is 18.5 Å². The van der Waals surface area contributed by atoms with E-state index in [1.54, 1.807) is 0 Å². The Kier molecular flexibility index (Phi) is 7.29. The molecule has 3 rings (SSSR count). The van der Waals surface area contributed by atoms with Gasteiger partial charge in [-0.1, -0.05) is 12.2 Å². The average molecular weight is 476 g/mol. The van der Waals surface area contributed by atoms with Crippen LogP contribution in [-0.4, -0.2) is 45.4 Å². The average Bonchev–Trinajstić information content (AvgIpc) is 3.34. The highest BCUT2D eigenvalue weighted by Crippen LogP contribution is 2.22. The molecule has 0 atom stereocenters. The second kappa shape index (κ2) is 9.96. The number of carbonyl (C=O) groups excluding carboxylic acids is 1. The number of hydrogen-bond donors (Lipinski definition) is 1. The largest absolute Gasteiger partial charge is 0.337 e. The van der Waals surface area contributed by atoms with Gasteiger partial charge in [0, 0.05) is 18.8 Å². The summed E-state index contributed by atoms with van der Waals surface area (Å²) < 4.78 is 28.9. The molecule has 12 heteroatoms. The predicted molar refractivity (Wildman–Crippen MR) is 123 cm³/mol. The zero-order chi connectivity index (χ0) is 24.2. The zero-order valence-corrected chi connectivity index (χ0v) is 18.8. The van der Waals surface area contributed by atoms with Gasteiger partial charge in [0.15, 0.2) is 0 Å². The molecule has 1 aliphatic rings. The van der Waals surface area contributed by atoms with E-state index >= 15 is 0 Å². The van der Waals surface area contributed by atoms with Crippen molar-refractivity contribution >= 4 is 21.6 Å². The number of benzene rings is 1. The van der Waals surface area contributed by atoms with Gasteiger partial charge in [-0.3, -0.25) is 4.79 Å². The molecule has 176 valence electrons. The number of amides is 1. The molecule has 1 fully saturated rings. The highest BCUT2D eigenvalue weighted by atomic mass is 32.2. The Morgan fingerprint density at radius 2 is 1.36 bits per heavy atom. The molecule has 0 aliphatic carbocycles. The van der Waals surface area contributed by atoms with Crippen LogP contribution in [0.5, 0.6) is 0 Å². The maximum atomic E-state index is 12.6. The molecule has 0 spiro atoms. The fourth-order valence-corrected chi connectivity index (χ4v) is 5.04. The second-order valence-corrected chi connectivity index (χ2v) is 9.35. The van der Waals surface area contributed by atoms with Gasteiger partial charge in [-0.25, -0.2) is 36.5 Å². The van der Waals surface area contributed by atoms with Crippen LogP contribution in [-0.2, 0) is 34.5 Å². The minimum Gasteiger partial charge on any atom is -0.325 e. The Morgan fingerprint density at radius 3 is 1.85 bits per heavy atom. The van der Waals surface area contributed by atoms with Gasteiger partial charge >= 0.3 is 17.1 Å². The van der Waals surface area contributed by atoms with Crippen molar-refractivity contribution in [1.29, 1.82) is 0 Å². The summed E-state index contributed by atoms with van der Waals surface area (Å²) in [6.45, 7) is 7.03. The Morgan fingerprint density at radius 1 is 0.879 bits per heavy atom. The standard InChI is InChI=1S/C21H25N5O6S/c1-3-11-24-19(28)25(12-4-2)21(30)26(20(24)29)15-18(27)22-16-7-9-17(10-8-16)33(31,32)23-13-5-6-14-23/h3-4,7-10H,1-2,5-6,11-15H2,(H,22,27). The molecule has 0 radical (unpaired) electrons. The van der Waals surface area contributed by atoms with E-state index in [0.717, 1.165) is 22.0 Å². The van der Waals surface area contributed by atoms with E-state index in [1.165, 1.54) is 40.7 Å². The first-order chi connectivity index (χ1) is 15.7. The van der Waals surface area contributed by atoms with E-state index in [4.69, 9.17) is 0 Å². The number of rotatable bonds is 9. The third kappa shape index (κ3) is 4.96. The minimum absolute atomic E-state index is 0.113. The molecular formula is C21H25N5O6S. The first kappa shape index (κ1) is 24.1. The molecule has 0 bridgehead atoms. The van der Waals surface area contributed by atoms with Crippen molar-refractivity contribution in [2.45, 2.75) is 37.4 Å². The molecule has 0 unspecified atom stereocenters. The maximum Gasteiger partial charge on any atom is 0.337 e. The van der Waals surface area contributed by atoms with Crippen molar-refractivity contribution in [2.24, 2.45) is 0 Å². The van der Waals surface area contributed by atoms with Crippen LogP contribution in [0.15, 0.2) is 68.9 Å². The maximum absolute atomic E-state index is 12.6. The normalized spacial score (nSPS) is 14.2. The molecular weight excluding hydrogens is 450 g/mol. The fraction of sp³-hybridized carbons (Fsp3) is 0.333. The molecule has 1 aliphatic heterocycles. The lowest BCUT2D eigenvalue weighted by atomic mass is 10.3. The van der Waals surface area contributed by atoms with E-state index < -0.39 is 39.5 Å². The first-order valence-electron chi connectivity index (χ1n) is 10.3. The van der Waals surface area contributed by atoms with Gasteiger partial charge < -0.3 is 5.32 Å². The van der Waals surface area contributed by atoms with Gasteiger partial charge in [0.25, 0.3) is 0 Å². The molecule has 1 amide bonds. The number of anilines is 1. The van der Waals surface area contributed by atoms with Crippen molar-refractivity contribution in [3.8, 4) is 0 Å². The molecule has 1 saturated heterocycles. The number of nitrogens with one attached hydrogen (secondary N) is 1. The quantitative estimate of drug-likeness (QED) is 0.507. The summed E-state index contributed by atoms with van der Waals surface area (Å²) in [6, 6.07) is 5.63. The number of hydrogen-bond acceptors (Lipinski definition) is 6. The molecule has 0 saturated carbocycles. The molecule has 2 heterocycles. The van der Waals surface area contributed by atoms with E-state index in [0.29, 0.717) is 23.3 Å². The number of aromatic nitrogens is 3. The molecule has 1 aromatic heterocycles. The molecule has 2 aromatic rings. The topological polar surface area (TPSA) is 132 Å². The number of carbonyl (C=O) groups is 1. The Hall–Kier alpha value is -3.51. The summed E-state index contributed by atoms with van der Waals surface area (Å²) in [4.78, 5) is 50.3. The van der Waals surface area contributed by atoms with Crippen LogP contribution in [0, 0.1) is 0 Å². The zero-order valence-electron chi connectivity index (χ0n) is 18.0. The summed E-state index contributed by atoms with van der Waals surface area (Å²) >= 11 is 0. The van der Waals surface area contributed by atoms with Gasteiger partial charge in [-0.2, -0.15) is 4.31 Å². The Balaban J connectivity index is 1.83. The fourth-order valence-electron chi connectivity index (χ4n) is 3.52. The second-order valence-electron chi connectivity index (χ2n) is 7.42. The van der Waals surface area contributed by atoms with Crippen molar-refractivity contribution in [3.63, 3.8) is 0 Å². The van der Waals surface area contributed by atoms with Crippen LogP contribution in [0.4, 0.5) is 5.69 Å². The van der Waals surface area contributed by atoms with Crippen molar-refractivity contribution in [3.05, 3.63) is 81.0 Å². The molecule has 1 N–H and O–H groups in total. The van der Waals surface area contributed by atoms with Crippen LogP contribution in [0.2, 0.25) is 0 Å². The lowest BCUT2D eigenvalue weighted by molar-refractivity contribution is -0.116. The van der Waals surface area contributed by atoms with Crippen LogP contribution < -0.4 is 22.4 Å². The highest BCUT2D eigenvalue weighted by Gasteiger charge is 2.27. The summed E-state index contributed by atoms with van der Waals surface area (Å²) in [7, 11) is -3.59. The van der Waals surface area contributed by atoms with Gasteiger partial charge in [0.05, 0.1) is 18.0 Å². The van der Waals surface area contributed by atoms with Crippen molar-refractivity contribution in [1.82, 2.24) is 18.0 Å². The van der Waals surface area contributed by atoms with Crippen molar-refractivity contribution < 1.29 is 13.2 Å². The minimum atomic E-state index is -3.59. The van der Waals surface area contributed by atoms with Gasteiger partial charge in [-0.15, -0.1) is 13.2 Å². The Bertz CT molecular complexity index is 1300. The molecule has 1 aromatic carbocycles. The third-order valence-electron chi connectivity index (χ3n) is 5.15. The molecule has 11 nitrogen and oxygen atoms in total. The van der Waals surface area contributed by atoms with Crippen LogP contribution in [0.25, 0.3) is 0 Å². The monoisotopic (exact) mass is 475 g/mol. The number of sulfonamides is 1. The van der Waals surface area contributed by atoms with E-state index in [1.807, 2.05) is 0 Å². The summed E-state index contributed by atoms with van der Waals surface area (Å²) in [5, 5.41) is 2.53. The van der Waals surface area contributed by atoms with Gasteiger partial charge in [0.2, 0.25) is 15.9 Å². The predicted octanol–water partition coefficient (Wildman–Crippen LogP) is -0.0331. The smallest absolute Gasteiger partial charge is 0.325 e. The summed E-state index contributed by atoms with van der Waals surface area (Å²) in [5.74, 6) is -0.696. The SMILES string of the molecule is C=CCn1c(=O)n(CC=C)c(=O)n(CC(=O)Nc2ccc(S(=O)(=O)N3CCCC3)cc2)c1=O. The van der Waals surface area contributed by atoms with E-state index in [9.17, 15) is 27.6 Å². The Labute approximate surface area is 189 Å². The lowest BCUT2D eigenvalue weighted by Crippen LogP contribution is -2.55. The highest BCUT2D eigenvalue weighted by molar-refractivity contribution is 7.89. The van der Waals surface area contributed by atoms with Crippen molar-refractivity contribution in [2.75, 3.05) is 18.4 Å². The number of nitrogens with zero attached hydrogens (tertiary/aromatic N) is 4. The van der Waals surface area contributed by atoms with Gasteiger partial charge in [0.1, 0.15) is 6.54 Å². The summed E-state index contributed by atoms with van der Waals surface area (Å²) in [5.41, 5.74) is -2.41. The van der Waals surface area contributed by atoms with Crippen LogP contribution in [0.3, 0.4) is 0 Å². The van der Waals surface area contributed by atoms with Crippen LogP contribution in [0.1, 0.15) is 12.8 Å². The van der Waals surface area contributed by atoms with E-state index in [-0.39, 0.29) is 18.0 Å². The number of allylic oxidation sites excluding steroid dienone is 2. The third-order valence-corrected chi connectivity index (χ3v) is 7.06. The van der Waals surface area contributed by atoms with Gasteiger partial charge in [-0.05, 0) is 37.1 Å². The van der Waals surface area contributed by atoms with Crippen LogP contribution >= 0.6 is 0 Å². The summed E-state index contributed by atoms with van der Waals surface area (Å²) in [6.07, 6.45) is 4.30. The molecule has 33 heavy (non-hydrogen) atoms.